The van der Waals surface area contributed by atoms with E-state index in [0.29, 0.717) is 0 Å². The number of hydrogen-bond donors (Lipinski definition) is 1. The predicted molar refractivity (Wildman–Crippen MR) is 69.3 cm³/mol. The standard InChI is InChI=1S/C13H10N2S/c1-2-4-13-12(3-1)11(8-14-13)6-5-10-7-15-16-9-10/h1-9,14H. The number of benzene rings is 1. The molecule has 0 spiro atoms. The summed E-state index contributed by atoms with van der Waals surface area (Å²) < 4.78 is 4.07. The molecule has 2 heterocycles. The Labute approximate surface area is 97.4 Å². The second-order valence-electron chi connectivity index (χ2n) is 3.58. The molecule has 3 rings (SSSR count). The highest BCUT2D eigenvalue weighted by molar-refractivity contribution is 7.03. The number of nitrogens with zero attached hydrogens (tertiary/aromatic N) is 1. The fraction of sp³-hybridized carbons (Fsp3) is 0. The summed E-state index contributed by atoms with van der Waals surface area (Å²) in [5, 5.41) is 3.28. The molecule has 0 aliphatic carbocycles. The Hall–Kier alpha value is -1.87. The number of rotatable bonds is 2. The van der Waals surface area contributed by atoms with Crippen LogP contribution >= 0.6 is 11.5 Å². The average molecular weight is 226 g/mol. The van der Waals surface area contributed by atoms with Crippen LogP contribution in [0.15, 0.2) is 42.0 Å². The van der Waals surface area contributed by atoms with Crippen LogP contribution in [0.1, 0.15) is 11.1 Å². The smallest absolute Gasteiger partial charge is 0.0479 e. The normalized spacial score (nSPS) is 11.5. The number of para-hydroxylation sites is 1. The molecule has 0 radical (unpaired) electrons. The Morgan fingerprint density at radius 3 is 3.00 bits per heavy atom. The van der Waals surface area contributed by atoms with Crippen LogP contribution in [0.4, 0.5) is 0 Å². The van der Waals surface area contributed by atoms with E-state index in [0.717, 1.165) is 5.56 Å². The maximum Gasteiger partial charge on any atom is 0.0479 e. The third kappa shape index (κ3) is 1.66. The first-order valence-corrected chi connectivity index (χ1v) is 5.91. The van der Waals surface area contributed by atoms with E-state index in [1.807, 2.05) is 23.8 Å². The van der Waals surface area contributed by atoms with Gasteiger partial charge in [0.05, 0.1) is 0 Å². The lowest BCUT2D eigenvalue weighted by molar-refractivity contribution is 1.47. The van der Waals surface area contributed by atoms with E-state index in [9.17, 15) is 0 Å². The number of nitrogens with one attached hydrogen (secondary N) is 1. The highest BCUT2D eigenvalue weighted by atomic mass is 32.1. The molecule has 0 atom stereocenters. The third-order valence-electron chi connectivity index (χ3n) is 2.53. The fourth-order valence-corrected chi connectivity index (χ4v) is 2.22. The molecule has 0 aliphatic heterocycles. The minimum absolute atomic E-state index is 1.15. The van der Waals surface area contributed by atoms with Gasteiger partial charge in [-0.15, -0.1) is 0 Å². The lowest BCUT2D eigenvalue weighted by atomic mass is 10.1. The van der Waals surface area contributed by atoms with Crippen molar-refractivity contribution in [2.45, 2.75) is 0 Å². The molecular formula is C13H10N2S. The van der Waals surface area contributed by atoms with Crippen molar-refractivity contribution in [1.29, 1.82) is 0 Å². The van der Waals surface area contributed by atoms with Crippen molar-refractivity contribution >= 4 is 34.6 Å². The molecular weight excluding hydrogens is 216 g/mol. The van der Waals surface area contributed by atoms with E-state index in [-0.39, 0.29) is 0 Å². The summed E-state index contributed by atoms with van der Waals surface area (Å²) in [5.74, 6) is 0. The summed E-state index contributed by atoms with van der Waals surface area (Å²) >= 11 is 1.47. The molecule has 3 heteroatoms. The Morgan fingerprint density at radius 1 is 1.19 bits per heavy atom. The Bertz CT molecular complexity index is 620. The molecule has 0 fully saturated rings. The van der Waals surface area contributed by atoms with Gasteiger partial charge in [0.25, 0.3) is 0 Å². The van der Waals surface area contributed by atoms with Gasteiger partial charge in [0.15, 0.2) is 0 Å². The van der Waals surface area contributed by atoms with Gasteiger partial charge >= 0.3 is 0 Å². The van der Waals surface area contributed by atoms with Gasteiger partial charge in [-0.2, -0.15) is 0 Å². The minimum Gasteiger partial charge on any atom is -0.361 e. The third-order valence-corrected chi connectivity index (χ3v) is 3.13. The SMILES string of the molecule is C(=Cc1c[nH]c2ccccc12)c1cnsc1. The van der Waals surface area contributed by atoms with Crippen LogP contribution in [0.25, 0.3) is 23.1 Å². The van der Waals surface area contributed by atoms with Crippen molar-refractivity contribution in [3.8, 4) is 0 Å². The van der Waals surface area contributed by atoms with E-state index >= 15 is 0 Å². The van der Waals surface area contributed by atoms with Crippen LogP contribution in [0, 0.1) is 0 Å². The number of aromatic nitrogens is 2. The molecule has 0 bridgehead atoms. The number of fused-ring (bicyclic) bond motifs is 1. The zero-order chi connectivity index (χ0) is 10.8. The molecule has 78 valence electrons. The maximum absolute atomic E-state index is 4.07. The maximum atomic E-state index is 4.07. The molecule has 1 N–H and O–H groups in total. The van der Waals surface area contributed by atoms with Crippen molar-refractivity contribution in [3.63, 3.8) is 0 Å². The van der Waals surface area contributed by atoms with Gasteiger partial charge in [0.1, 0.15) is 0 Å². The van der Waals surface area contributed by atoms with Crippen molar-refractivity contribution in [3.05, 3.63) is 53.2 Å². The largest absolute Gasteiger partial charge is 0.361 e. The molecule has 0 amide bonds. The monoisotopic (exact) mass is 226 g/mol. The van der Waals surface area contributed by atoms with Crippen LogP contribution in [0.5, 0.6) is 0 Å². The highest BCUT2D eigenvalue weighted by Crippen LogP contribution is 2.20. The fourth-order valence-electron chi connectivity index (χ4n) is 1.71. The Balaban J connectivity index is 2.01. The van der Waals surface area contributed by atoms with Gasteiger partial charge in [-0.25, -0.2) is 4.37 Å². The quantitative estimate of drug-likeness (QED) is 0.707. The van der Waals surface area contributed by atoms with E-state index in [1.54, 1.807) is 0 Å². The van der Waals surface area contributed by atoms with E-state index in [2.05, 4.69) is 39.7 Å². The zero-order valence-corrected chi connectivity index (χ0v) is 9.37. The average Bonchev–Trinajstić information content (AvgIpc) is 2.96. The lowest BCUT2D eigenvalue weighted by Gasteiger charge is -1.90. The molecule has 0 saturated heterocycles. The Morgan fingerprint density at radius 2 is 2.12 bits per heavy atom. The van der Waals surface area contributed by atoms with Crippen molar-refractivity contribution in [2.24, 2.45) is 0 Å². The lowest BCUT2D eigenvalue weighted by Crippen LogP contribution is -1.67. The van der Waals surface area contributed by atoms with E-state index in [1.165, 1.54) is 28.0 Å². The van der Waals surface area contributed by atoms with Crippen molar-refractivity contribution in [1.82, 2.24) is 9.36 Å². The molecule has 16 heavy (non-hydrogen) atoms. The predicted octanol–water partition coefficient (Wildman–Crippen LogP) is 3.79. The summed E-state index contributed by atoms with van der Waals surface area (Å²) in [7, 11) is 0. The first kappa shape index (κ1) is 9.36. The van der Waals surface area contributed by atoms with Gasteiger partial charge in [-0.3, -0.25) is 0 Å². The van der Waals surface area contributed by atoms with E-state index in [4.69, 9.17) is 0 Å². The highest BCUT2D eigenvalue weighted by Gasteiger charge is 1.98. The first-order valence-electron chi connectivity index (χ1n) is 5.07. The molecule has 1 aromatic carbocycles. The first-order chi connectivity index (χ1) is 7.93. The zero-order valence-electron chi connectivity index (χ0n) is 8.55. The van der Waals surface area contributed by atoms with Gasteiger partial charge in [-0.05, 0) is 23.2 Å². The summed E-state index contributed by atoms with van der Waals surface area (Å²) in [6, 6.07) is 8.30. The summed E-state index contributed by atoms with van der Waals surface area (Å²) in [6.07, 6.45) is 8.10. The van der Waals surface area contributed by atoms with Crippen molar-refractivity contribution < 1.29 is 0 Å². The minimum atomic E-state index is 1.15. The second-order valence-corrected chi connectivity index (χ2v) is 4.24. The molecule has 0 aliphatic rings. The number of aromatic amines is 1. The van der Waals surface area contributed by atoms with Gasteiger partial charge in [0.2, 0.25) is 0 Å². The van der Waals surface area contributed by atoms with Crippen molar-refractivity contribution in [2.75, 3.05) is 0 Å². The van der Waals surface area contributed by atoms with Gasteiger partial charge < -0.3 is 4.98 Å². The van der Waals surface area contributed by atoms with Crippen LogP contribution in [0.3, 0.4) is 0 Å². The van der Waals surface area contributed by atoms with Gasteiger partial charge in [-0.1, -0.05) is 30.4 Å². The summed E-state index contributed by atoms with van der Waals surface area (Å²) in [4.78, 5) is 3.25. The number of hydrogen-bond acceptors (Lipinski definition) is 2. The topological polar surface area (TPSA) is 28.7 Å². The van der Waals surface area contributed by atoms with Crippen LogP contribution in [-0.4, -0.2) is 9.36 Å². The summed E-state index contributed by atoms with van der Waals surface area (Å²) in [5.41, 5.74) is 3.53. The van der Waals surface area contributed by atoms with Crippen LogP contribution in [-0.2, 0) is 0 Å². The molecule has 0 unspecified atom stereocenters. The molecule has 0 saturated carbocycles. The van der Waals surface area contributed by atoms with Crippen LogP contribution in [0.2, 0.25) is 0 Å². The molecule has 2 aromatic heterocycles. The van der Waals surface area contributed by atoms with E-state index < -0.39 is 0 Å². The second kappa shape index (κ2) is 3.94. The summed E-state index contributed by atoms with van der Waals surface area (Å²) in [6.45, 7) is 0. The Kier molecular flexibility index (Phi) is 2.31. The van der Waals surface area contributed by atoms with Gasteiger partial charge in [0, 0.05) is 34.2 Å². The number of H-pyrrole nitrogens is 1. The molecule has 3 aromatic rings. The van der Waals surface area contributed by atoms with Crippen LogP contribution < -0.4 is 0 Å². The molecule has 2 nitrogen and oxygen atoms in total.